The number of carbonyl (C=O) groups excluding carboxylic acids is 1. The molecule has 0 fully saturated rings. The molecule has 0 aromatic heterocycles. The van der Waals surface area contributed by atoms with Gasteiger partial charge in [-0.15, -0.1) is 0 Å². The molecule has 112 valence electrons. The Kier molecular flexibility index (Phi) is 6.38. The third kappa shape index (κ3) is 4.16. The summed E-state index contributed by atoms with van der Waals surface area (Å²) in [4.78, 5) is 11.8. The van der Waals surface area contributed by atoms with Crippen molar-refractivity contribution in [1.29, 1.82) is 0 Å². The first kappa shape index (κ1) is 16.4. The Hall–Kier alpha value is -1.69. The number of halogens is 2. The Labute approximate surface area is 116 Å². The van der Waals surface area contributed by atoms with E-state index in [0.29, 0.717) is 6.42 Å². The van der Waals surface area contributed by atoms with Gasteiger partial charge in [0.1, 0.15) is 5.75 Å². The zero-order valence-corrected chi connectivity index (χ0v) is 11.4. The smallest absolute Gasteiger partial charge is 0.387 e. The highest BCUT2D eigenvalue weighted by molar-refractivity contribution is 5.73. The molecule has 0 aliphatic rings. The zero-order chi connectivity index (χ0) is 15.1. The minimum Gasteiger partial charge on any atom is -0.466 e. The molecule has 1 aromatic rings. The molecule has 0 bridgehead atoms. The van der Waals surface area contributed by atoms with Gasteiger partial charge in [-0.2, -0.15) is 8.78 Å². The highest BCUT2D eigenvalue weighted by atomic mass is 19.3. The predicted molar refractivity (Wildman–Crippen MR) is 68.4 cm³/mol. The number of hydrogen-bond donors (Lipinski definition) is 1. The maximum absolute atomic E-state index is 12.3. The summed E-state index contributed by atoms with van der Waals surface area (Å²) in [6.07, 6.45) is -0.933. The molecular weight excluding hydrogens is 270 g/mol. The van der Waals surface area contributed by atoms with Crippen LogP contribution in [-0.4, -0.2) is 24.3 Å². The van der Waals surface area contributed by atoms with Crippen molar-refractivity contribution in [2.45, 2.75) is 33.0 Å². The molecule has 4 nitrogen and oxygen atoms in total. The van der Waals surface area contributed by atoms with Crippen molar-refractivity contribution in [1.82, 2.24) is 0 Å². The molecule has 0 amide bonds. The molecule has 0 heterocycles. The molecule has 0 radical (unpaired) electrons. The lowest BCUT2D eigenvalue weighted by molar-refractivity contribution is -0.152. The Balaban J connectivity index is 2.99. The third-order valence-corrected chi connectivity index (χ3v) is 2.86. The average Bonchev–Trinajstić information content (AvgIpc) is 2.39. The van der Waals surface area contributed by atoms with Gasteiger partial charge in [-0.3, -0.25) is 4.79 Å². The van der Waals surface area contributed by atoms with E-state index in [1.165, 1.54) is 18.2 Å². The Morgan fingerprint density at radius 1 is 1.30 bits per heavy atom. The monoisotopic (exact) mass is 288 g/mol. The number of alkyl halides is 2. The van der Waals surface area contributed by atoms with Crippen LogP contribution in [0.4, 0.5) is 8.78 Å². The van der Waals surface area contributed by atoms with Crippen LogP contribution >= 0.6 is 0 Å². The van der Waals surface area contributed by atoms with Crippen LogP contribution in [0, 0.1) is 5.92 Å². The summed E-state index contributed by atoms with van der Waals surface area (Å²) in [5, 5.41) is 10.2. The largest absolute Gasteiger partial charge is 0.466 e. The first-order chi connectivity index (χ1) is 9.51. The second-order valence-electron chi connectivity index (χ2n) is 4.13. The maximum atomic E-state index is 12.3. The van der Waals surface area contributed by atoms with Crippen LogP contribution in [0.5, 0.6) is 5.75 Å². The number of esters is 1. The standard InChI is InChI=1S/C14H18F2O4/c1-3-9(13(18)19-4-2)12(17)10-7-5-6-8-11(10)20-14(15)16/h5-9,12,14,17H,3-4H2,1-2H3. The number of carbonyl (C=O) groups is 1. The van der Waals surface area contributed by atoms with Crippen molar-refractivity contribution in [3.63, 3.8) is 0 Å². The van der Waals surface area contributed by atoms with Gasteiger partial charge in [-0.25, -0.2) is 0 Å². The SMILES string of the molecule is CCOC(=O)C(CC)C(O)c1ccccc1OC(F)F. The number of rotatable bonds is 7. The van der Waals surface area contributed by atoms with E-state index in [0.717, 1.165) is 0 Å². The van der Waals surface area contributed by atoms with Gasteiger partial charge in [0.05, 0.1) is 18.6 Å². The molecule has 0 aliphatic heterocycles. The number of benzene rings is 1. The van der Waals surface area contributed by atoms with Gasteiger partial charge in [0.15, 0.2) is 0 Å². The van der Waals surface area contributed by atoms with Gasteiger partial charge < -0.3 is 14.6 Å². The molecular formula is C14H18F2O4. The first-order valence-electron chi connectivity index (χ1n) is 6.39. The van der Waals surface area contributed by atoms with Crippen LogP contribution in [-0.2, 0) is 9.53 Å². The predicted octanol–water partition coefficient (Wildman–Crippen LogP) is 2.91. The van der Waals surface area contributed by atoms with Gasteiger partial charge in [-0.05, 0) is 19.4 Å². The lowest BCUT2D eigenvalue weighted by Gasteiger charge is -2.22. The van der Waals surface area contributed by atoms with E-state index in [1.54, 1.807) is 19.9 Å². The van der Waals surface area contributed by atoms with Crippen LogP contribution in [0.15, 0.2) is 24.3 Å². The van der Waals surface area contributed by atoms with E-state index in [-0.39, 0.29) is 17.9 Å². The second-order valence-corrected chi connectivity index (χ2v) is 4.13. The Bertz CT molecular complexity index is 437. The fourth-order valence-corrected chi connectivity index (χ4v) is 1.91. The zero-order valence-electron chi connectivity index (χ0n) is 11.4. The van der Waals surface area contributed by atoms with E-state index in [4.69, 9.17) is 4.74 Å². The van der Waals surface area contributed by atoms with Crippen LogP contribution in [0.1, 0.15) is 31.9 Å². The first-order valence-corrected chi connectivity index (χ1v) is 6.39. The van der Waals surface area contributed by atoms with Gasteiger partial charge in [0.2, 0.25) is 0 Å². The molecule has 1 rings (SSSR count). The molecule has 20 heavy (non-hydrogen) atoms. The molecule has 0 saturated carbocycles. The molecule has 2 unspecified atom stereocenters. The molecule has 0 spiro atoms. The molecule has 0 saturated heterocycles. The van der Waals surface area contributed by atoms with E-state index < -0.39 is 24.6 Å². The normalized spacial score (nSPS) is 13.9. The maximum Gasteiger partial charge on any atom is 0.387 e. The van der Waals surface area contributed by atoms with Crippen LogP contribution < -0.4 is 4.74 Å². The number of para-hydroxylation sites is 1. The van der Waals surface area contributed by atoms with Gasteiger partial charge in [-0.1, -0.05) is 25.1 Å². The summed E-state index contributed by atoms with van der Waals surface area (Å²) in [7, 11) is 0. The quantitative estimate of drug-likeness (QED) is 0.784. The van der Waals surface area contributed by atoms with Crippen molar-refractivity contribution >= 4 is 5.97 Å². The number of hydrogen-bond acceptors (Lipinski definition) is 4. The van der Waals surface area contributed by atoms with Crippen LogP contribution in [0.25, 0.3) is 0 Å². The lowest BCUT2D eigenvalue weighted by atomic mass is 9.93. The number of aliphatic hydroxyl groups is 1. The highest BCUT2D eigenvalue weighted by Gasteiger charge is 2.30. The fraction of sp³-hybridized carbons (Fsp3) is 0.500. The summed E-state index contributed by atoms with van der Waals surface area (Å²) < 4.78 is 33.9. The highest BCUT2D eigenvalue weighted by Crippen LogP contribution is 2.33. The van der Waals surface area contributed by atoms with E-state index in [1.807, 2.05) is 0 Å². The molecule has 6 heteroatoms. The van der Waals surface area contributed by atoms with Gasteiger partial charge >= 0.3 is 12.6 Å². The van der Waals surface area contributed by atoms with E-state index in [2.05, 4.69) is 4.74 Å². The fourth-order valence-electron chi connectivity index (χ4n) is 1.91. The minimum atomic E-state index is -2.99. The molecule has 0 aliphatic carbocycles. The number of ether oxygens (including phenoxy) is 2. The minimum absolute atomic E-state index is 0.141. The van der Waals surface area contributed by atoms with E-state index in [9.17, 15) is 18.7 Å². The van der Waals surface area contributed by atoms with Crippen molar-refractivity contribution in [2.24, 2.45) is 5.92 Å². The van der Waals surface area contributed by atoms with Gasteiger partial charge in [0.25, 0.3) is 0 Å². The van der Waals surface area contributed by atoms with Crippen molar-refractivity contribution in [3.8, 4) is 5.75 Å². The van der Waals surface area contributed by atoms with Crippen molar-refractivity contribution in [3.05, 3.63) is 29.8 Å². The average molecular weight is 288 g/mol. The Morgan fingerprint density at radius 3 is 2.50 bits per heavy atom. The topological polar surface area (TPSA) is 55.8 Å². The summed E-state index contributed by atoms with van der Waals surface area (Å²) in [6, 6.07) is 5.86. The molecule has 1 N–H and O–H groups in total. The molecule has 1 aromatic carbocycles. The summed E-state index contributed by atoms with van der Waals surface area (Å²) in [5.74, 6) is -1.52. The third-order valence-electron chi connectivity index (χ3n) is 2.86. The van der Waals surface area contributed by atoms with Crippen molar-refractivity contribution in [2.75, 3.05) is 6.61 Å². The second kappa shape index (κ2) is 7.79. The summed E-state index contributed by atoms with van der Waals surface area (Å²) in [6.45, 7) is 0.565. The van der Waals surface area contributed by atoms with Crippen molar-refractivity contribution < 1.29 is 28.2 Å². The Morgan fingerprint density at radius 2 is 1.95 bits per heavy atom. The summed E-state index contributed by atoms with van der Waals surface area (Å²) in [5.41, 5.74) is 0.146. The summed E-state index contributed by atoms with van der Waals surface area (Å²) >= 11 is 0. The lowest BCUT2D eigenvalue weighted by Crippen LogP contribution is -2.24. The molecule has 2 atom stereocenters. The number of aliphatic hydroxyl groups excluding tert-OH is 1. The van der Waals surface area contributed by atoms with Crippen LogP contribution in [0.3, 0.4) is 0 Å². The van der Waals surface area contributed by atoms with Crippen LogP contribution in [0.2, 0.25) is 0 Å². The van der Waals surface area contributed by atoms with E-state index >= 15 is 0 Å². The van der Waals surface area contributed by atoms with Gasteiger partial charge in [0, 0.05) is 5.56 Å².